The van der Waals surface area contributed by atoms with E-state index in [0.29, 0.717) is 10.0 Å². The third-order valence-corrected chi connectivity index (χ3v) is 6.41. The normalized spacial score (nSPS) is 16.1. The molecule has 1 aliphatic carbocycles. The molecular formula is C25H33Cl3N2O. The summed E-state index contributed by atoms with van der Waals surface area (Å²) >= 11 is 17.5. The monoisotopic (exact) mass is 482 g/mol. The van der Waals surface area contributed by atoms with Crippen LogP contribution in [0.2, 0.25) is 15.1 Å². The molecule has 4 rings (SSSR count). The zero-order valence-corrected chi connectivity index (χ0v) is 20.5. The molecule has 3 nitrogen and oxygen atoms in total. The van der Waals surface area contributed by atoms with Crippen LogP contribution in [0.15, 0.2) is 48.5 Å². The van der Waals surface area contributed by atoms with Crippen LogP contribution in [0, 0.1) is 5.92 Å². The van der Waals surface area contributed by atoms with Crippen molar-refractivity contribution in [2.75, 3.05) is 31.1 Å². The Kier molecular flexibility index (Phi) is 12.2. The first-order valence-corrected chi connectivity index (χ1v) is 12.3. The second kappa shape index (κ2) is 14.6. The lowest BCUT2D eigenvalue weighted by Gasteiger charge is -2.34. The number of halogens is 3. The Balaban J connectivity index is 0.000000189. The number of benzene rings is 2. The van der Waals surface area contributed by atoms with Crippen molar-refractivity contribution in [1.82, 2.24) is 4.90 Å². The van der Waals surface area contributed by atoms with Gasteiger partial charge >= 0.3 is 0 Å². The van der Waals surface area contributed by atoms with Crippen LogP contribution in [-0.2, 0) is 4.79 Å². The van der Waals surface area contributed by atoms with E-state index in [-0.39, 0.29) is 0 Å². The summed E-state index contributed by atoms with van der Waals surface area (Å²) in [6.45, 7) is 5.38. The first kappa shape index (κ1) is 25.8. The molecule has 1 aliphatic heterocycles. The molecule has 2 aliphatic rings. The molecule has 0 unspecified atom stereocenters. The number of anilines is 1. The topological polar surface area (TPSA) is 23.6 Å². The number of hydrogen-bond donors (Lipinski definition) is 0. The smallest absolute Gasteiger partial charge is 0.209 e. The molecular weight excluding hydrogens is 451 g/mol. The van der Waals surface area contributed by atoms with Gasteiger partial charge in [0.2, 0.25) is 6.41 Å². The number of carbonyl (C=O) groups is 1. The third kappa shape index (κ3) is 9.72. The molecule has 2 aromatic rings. The fraction of sp³-hybridized carbons (Fsp3) is 0.480. The molecule has 6 heteroatoms. The van der Waals surface area contributed by atoms with E-state index in [4.69, 9.17) is 34.8 Å². The Morgan fingerprint density at radius 3 is 2.03 bits per heavy atom. The van der Waals surface area contributed by atoms with Crippen molar-refractivity contribution in [1.29, 1.82) is 0 Å². The van der Waals surface area contributed by atoms with E-state index in [1.165, 1.54) is 38.5 Å². The number of piperazine rings is 1. The summed E-state index contributed by atoms with van der Waals surface area (Å²) in [7, 11) is 0. The van der Waals surface area contributed by atoms with E-state index in [1.54, 1.807) is 11.0 Å². The second-order valence-electron chi connectivity index (χ2n) is 7.96. The highest BCUT2D eigenvalue weighted by Crippen LogP contribution is 2.29. The van der Waals surface area contributed by atoms with Crippen molar-refractivity contribution in [2.45, 2.75) is 45.4 Å². The van der Waals surface area contributed by atoms with Gasteiger partial charge in [0, 0.05) is 36.2 Å². The van der Waals surface area contributed by atoms with Crippen LogP contribution in [0.5, 0.6) is 0 Å². The quantitative estimate of drug-likeness (QED) is 0.418. The molecule has 0 radical (unpaired) electrons. The summed E-state index contributed by atoms with van der Waals surface area (Å²) in [5.41, 5.74) is 0.983. The highest BCUT2D eigenvalue weighted by Gasteiger charge is 2.17. The van der Waals surface area contributed by atoms with Crippen LogP contribution in [-0.4, -0.2) is 37.5 Å². The SMILES string of the molecule is CCCC1CCCC1.Clc1ccccc1.O=CN1CCN(c2ccc(Cl)cc2Cl)CC1. The largest absolute Gasteiger partial charge is 0.367 e. The number of carbonyl (C=O) groups excluding carboxylic acids is 1. The lowest BCUT2D eigenvalue weighted by Crippen LogP contribution is -2.45. The van der Waals surface area contributed by atoms with E-state index in [1.807, 2.05) is 42.5 Å². The fourth-order valence-corrected chi connectivity index (χ4v) is 4.60. The maximum atomic E-state index is 10.6. The van der Waals surface area contributed by atoms with Gasteiger partial charge in [-0.1, -0.05) is 98.5 Å². The van der Waals surface area contributed by atoms with E-state index in [2.05, 4.69) is 11.8 Å². The van der Waals surface area contributed by atoms with Crippen LogP contribution >= 0.6 is 34.8 Å². The zero-order chi connectivity index (χ0) is 22.5. The van der Waals surface area contributed by atoms with Crippen molar-refractivity contribution in [2.24, 2.45) is 5.92 Å². The first-order chi connectivity index (χ1) is 15.0. The number of nitrogens with zero attached hydrogens (tertiary/aromatic N) is 2. The Labute approximate surface area is 202 Å². The summed E-state index contributed by atoms with van der Waals surface area (Å²) < 4.78 is 0. The van der Waals surface area contributed by atoms with Gasteiger partial charge in [0.25, 0.3) is 0 Å². The van der Waals surface area contributed by atoms with Crippen LogP contribution in [0.1, 0.15) is 45.4 Å². The fourth-order valence-electron chi connectivity index (χ4n) is 3.93. The predicted octanol–water partition coefficient (Wildman–Crippen LogP) is 7.59. The minimum Gasteiger partial charge on any atom is -0.367 e. The van der Waals surface area contributed by atoms with E-state index >= 15 is 0 Å². The molecule has 0 N–H and O–H groups in total. The van der Waals surface area contributed by atoms with E-state index < -0.39 is 0 Å². The summed E-state index contributed by atoms with van der Waals surface area (Å²) in [5, 5.41) is 2.09. The molecule has 2 fully saturated rings. The lowest BCUT2D eigenvalue weighted by molar-refractivity contribution is -0.118. The maximum absolute atomic E-state index is 10.6. The summed E-state index contributed by atoms with van der Waals surface area (Å²) in [4.78, 5) is 14.5. The number of hydrogen-bond acceptors (Lipinski definition) is 2. The highest BCUT2D eigenvalue weighted by atomic mass is 35.5. The van der Waals surface area contributed by atoms with Crippen LogP contribution < -0.4 is 4.90 Å². The molecule has 0 bridgehead atoms. The maximum Gasteiger partial charge on any atom is 0.209 e. The van der Waals surface area contributed by atoms with Crippen LogP contribution in [0.25, 0.3) is 0 Å². The van der Waals surface area contributed by atoms with Gasteiger partial charge in [-0.15, -0.1) is 0 Å². The average Bonchev–Trinajstić information content (AvgIpc) is 3.29. The third-order valence-electron chi connectivity index (χ3n) is 5.62. The van der Waals surface area contributed by atoms with Gasteiger partial charge in [-0.3, -0.25) is 4.79 Å². The van der Waals surface area contributed by atoms with Crippen LogP contribution in [0.4, 0.5) is 5.69 Å². The molecule has 0 spiro atoms. The highest BCUT2D eigenvalue weighted by molar-refractivity contribution is 6.36. The Morgan fingerprint density at radius 1 is 0.903 bits per heavy atom. The molecule has 31 heavy (non-hydrogen) atoms. The molecule has 2 aromatic carbocycles. The van der Waals surface area contributed by atoms with Crippen molar-refractivity contribution in [3.63, 3.8) is 0 Å². The molecule has 1 amide bonds. The molecule has 0 aromatic heterocycles. The Hall–Kier alpha value is -1.42. The lowest BCUT2D eigenvalue weighted by atomic mass is 10.0. The van der Waals surface area contributed by atoms with Crippen LogP contribution in [0.3, 0.4) is 0 Å². The molecule has 1 heterocycles. The van der Waals surface area contributed by atoms with Gasteiger partial charge in [-0.25, -0.2) is 0 Å². The van der Waals surface area contributed by atoms with Crippen molar-refractivity contribution in [3.05, 3.63) is 63.6 Å². The summed E-state index contributed by atoms with van der Waals surface area (Å²) in [6.07, 6.45) is 9.82. The van der Waals surface area contributed by atoms with E-state index in [0.717, 1.165) is 49.2 Å². The number of rotatable bonds is 4. The van der Waals surface area contributed by atoms with Gasteiger partial charge < -0.3 is 9.80 Å². The average molecular weight is 484 g/mol. The summed E-state index contributed by atoms with van der Waals surface area (Å²) in [5.74, 6) is 1.11. The summed E-state index contributed by atoms with van der Waals surface area (Å²) in [6, 6.07) is 14.9. The zero-order valence-electron chi connectivity index (χ0n) is 18.3. The minimum absolute atomic E-state index is 0.639. The minimum atomic E-state index is 0.639. The van der Waals surface area contributed by atoms with E-state index in [9.17, 15) is 4.79 Å². The molecule has 1 saturated heterocycles. The van der Waals surface area contributed by atoms with Crippen molar-refractivity contribution < 1.29 is 4.79 Å². The molecule has 0 atom stereocenters. The van der Waals surface area contributed by atoms with Gasteiger partial charge in [-0.05, 0) is 36.2 Å². The molecule has 1 saturated carbocycles. The predicted molar refractivity (Wildman–Crippen MR) is 135 cm³/mol. The Bertz CT molecular complexity index is 759. The second-order valence-corrected chi connectivity index (χ2v) is 9.24. The molecule has 170 valence electrons. The standard InChI is InChI=1S/C11H12Cl2N2O.C8H16.C6H5Cl/c12-9-1-2-11(10(13)7-9)15-5-3-14(8-16)4-6-15;1-2-5-8-6-3-4-7-8;7-6-4-2-1-3-5-6/h1-2,7-8H,3-6H2;8H,2-7H2,1H3;1-5H. The van der Waals surface area contributed by atoms with Crippen molar-refractivity contribution in [3.8, 4) is 0 Å². The van der Waals surface area contributed by atoms with Gasteiger partial charge in [0.05, 0.1) is 10.7 Å². The first-order valence-electron chi connectivity index (χ1n) is 11.1. The number of amides is 1. The van der Waals surface area contributed by atoms with Gasteiger partial charge in [0.15, 0.2) is 0 Å². The Morgan fingerprint density at radius 2 is 1.55 bits per heavy atom. The van der Waals surface area contributed by atoms with Gasteiger partial charge in [0.1, 0.15) is 0 Å². The van der Waals surface area contributed by atoms with Gasteiger partial charge in [-0.2, -0.15) is 0 Å². The van der Waals surface area contributed by atoms with Crippen molar-refractivity contribution >= 4 is 46.9 Å².